The molecule has 0 radical (unpaired) electrons. The van der Waals surface area contributed by atoms with Gasteiger partial charge in [-0.2, -0.15) is 0 Å². The van der Waals surface area contributed by atoms with Gasteiger partial charge in [-0.05, 0) is 47.5 Å². The molecule has 0 saturated carbocycles. The number of hydrogen-bond acceptors (Lipinski definition) is 4. The number of hydrogen-bond donors (Lipinski definition) is 3. The third-order valence-corrected chi connectivity index (χ3v) is 5.23. The third-order valence-electron chi connectivity index (χ3n) is 5.23. The lowest BCUT2D eigenvalue weighted by molar-refractivity contribution is 0.0937. The molecule has 0 bridgehead atoms. The quantitative estimate of drug-likeness (QED) is 0.400. The highest BCUT2D eigenvalue weighted by Gasteiger charge is 2.17. The van der Waals surface area contributed by atoms with E-state index in [-0.39, 0.29) is 5.91 Å². The summed E-state index contributed by atoms with van der Waals surface area (Å²) in [5.74, 6) is 0.0114. The van der Waals surface area contributed by atoms with Crippen LogP contribution < -0.4 is 15.8 Å². The maximum Gasteiger partial charge on any atom is 0.253 e. The number of methoxy groups -OCH3 is 2. The summed E-state index contributed by atoms with van der Waals surface area (Å²) in [6.07, 6.45) is 0. The molecule has 1 aromatic heterocycles. The predicted molar refractivity (Wildman–Crippen MR) is 121 cm³/mol. The fourth-order valence-electron chi connectivity index (χ4n) is 3.67. The van der Waals surface area contributed by atoms with Gasteiger partial charge in [-0.1, -0.05) is 18.2 Å². The van der Waals surface area contributed by atoms with Gasteiger partial charge in [0.15, 0.2) is 0 Å². The van der Waals surface area contributed by atoms with Crippen molar-refractivity contribution in [2.75, 3.05) is 27.4 Å². The lowest BCUT2D eigenvalue weighted by Gasteiger charge is -2.10. The molecule has 7 nitrogen and oxygen atoms in total. The van der Waals surface area contributed by atoms with E-state index in [2.05, 4.69) is 10.3 Å². The van der Waals surface area contributed by atoms with Crippen molar-refractivity contribution < 1.29 is 19.1 Å². The maximum absolute atomic E-state index is 13.0. The number of nitrogens with two attached hydrogens (primary N) is 1. The highest BCUT2D eigenvalue weighted by molar-refractivity contribution is 6.17. The zero-order valence-electron chi connectivity index (χ0n) is 17.3. The normalized spacial score (nSPS) is 11.0. The van der Waals surface area contributed by atoms with Crippen LogP contribution in [0.4, 0.5) is 0 Å². The van der Waals surface area contributed by atoms with Crippen molar-refractivity contribution in [3.8, 4) is 16.9 Å². The summed E-state index contributed by atoms with van der Waals surface area (Å²) in [5.41, 5.74) is 9.57. The van der Waals surface area contributed by atoms with Crippen LogP contribution in [0.2, 0.25) is 0 Å². The number of H-pyrrole nitrogens is 1. The summed E-state index contributed by atoms with van der Waals surface area (Å²) in [5, 5.41) is 4.66. The smallest absolute Gasteiger partial charge is 0.253 e. The molecule has 3 aromatic carbocycles. The van der Waals surface area contributed by atoms with Gasteiger partial charge in [0.1, 0.15) is 5.75 Å². The fraction of sp³-hybridized carbons (Fsp3) is 0.167. The van der Waals surface area contributed by atoms with Gasteiger partial charge in [-0.25, -0.2) is 0 Å². The summed E-state index contributed by atoms with van der Waals surface area (Å²) in [7, 11) is 3.20. The van der Waals surface area contributed by atoms with Crippen molar-refractivity contribution in [1.29, 1.82) is 0 Å². The summed E-state index contributed by atoms with van der Waals surface area (Å²) >= 11 is 0. The van der Waals surface area contributed by atoms with Gasteiger partial charge >= 0.3 is 0 Å². The topological polar surface area (TPSA) is 106 Å². The zero-order valence-corrected chi connectivity index (χ0v) is 17.3. The van der Waals surface area contributed by atoms with Crippen LogP contribution in [0, 0.1) is 0 Å². The number of carbonyl (C=O) groups excluding carboxylic acids is 2. The molecule has 0 aliphatic carbocycles. The molecule has 31 heavy (non-hydrogen) atoms. The van der Waals surface area contributed by atoms with E-state index in [9.17, 15) is 9.59 Å². The number of aromatic amines is 1. The van der Waals surface area contributed by atoms with Gasteiger partial charge in [0.2, 0.25) is 5.91 Å². The number of rotatable bonds is 7. The minimum absolute atomic E-state index is 0.214. The standard InChI is InChI=1S/C24H23N3O4/c1-30-9-8-26-24(29)20-12-16(14-4-3-5-17(10-14)31-2)11-19-18-7-6-15(23(25)28)13-21(18)27-22(19)20/h3-7,10-13,27H,8-9H2,1-2H3,(H2,25,28)(H,26,29). The van der Waals surface area contributed by atoms with Crippen molar-refractivity contribution in [2.24, 2.45) is 5.73 Å². The van der Waals surface area contributed by atoms with Gasteiger partial charge in [0.25, 0.3) is 5.91 Å². The first-order valence-corrected chi connectivity index (χ1v) is 9.82. The minimum atomic E-state index is -0.504. The van der Waals surface area contributed by atoms with Crippen molar-refractivity contribution in [3.63, 3.8) is 0 Å². The van der Waals surface area contributed by atoms with Gasteiger partial charge in [0, 0.05) is 35.5 Å². The van der Waals surface area contributed by atoms with Crippen molar-refractivity contribution in [3.05, 3.63) is 65.7 Å². The number of benzene rings is 3. The van der Waals surface area contributed by atoms with Crippen LogP contribution in [-0.4, -0.2) is 44.2 Å². The second-order valence-electron chi connectivity index (χ2n) is 7.18. The molecule has 0 aliphatic rings. The summed E-state index contributed by atoms with van der Waals surface area (Å²) in [6, 6.07) is 16.8. The largest absolute Gasteiger partial charge is 0.497 e. The van der Waals surface area contributed by atoms with Crippen LogP contribution in [0.25, 0.3) is 32.9 Å². The molecule has 0 atom stereocenters. The highest BCUT2D eigenvalue weighted by Crippen LogP contribution is 2.34. The summed E-state index contributed by atoms with van der Waals surface area (Å²) in [6.45, 7) is 0.811. The second kappa shape index (κ2) is 8.49. The molecule has 0 unspecified atom stereocenters. The Labute approximate surface area is 179 Å². The average Bonchev–Trinajstić information content (AvgIpc) is 3.16. The van der Waals surface area contributed by atoms with Gasteiger partial charge in [0.05, 0.1) is 24.8 Å². The van der Waals surface area contributed by atoms with Crippen molar-refractivity contribution in [2.45, 2.75) is 0 Å². The van der Waals surface area contributed by atoms with E-state index in [1.165, 1.54) is 0 Å². The van der Waals surface area contributed by atoms with Crippen LogP contribution in [0.1, 0.15) is 20.7 Å². The molecule has 4 aromatic rings. The molecule has 158 valence electrons. The number of amides is 2. The van der Waals surface area contributed by atoms with Crippen LogP contribution in [0.15, 0.2) is 54.6 Å². The minimum Gasteiger partial charge on any atom is -0.497 e. The maximum atomic E-state index is 13.0. The number of nitrogens with one attached hydrogen (secondary N) is 2. The van der Waals surface area contributed by atoms with Gasteiger partial charge in [-0.15, -0.1) is 0 Å². The van der Waals surface area contributed by atoms with E-state index in [0.29, 0.717) is 29.8 Å². The molecule has 4 rings (SSSR count). The highest BCUT2D eigenvalue weighted by atomic mass is 16.5. The molecular formula is C24H23N3O4. The Hall–Kier alpha value is -3.84. The molecular weight excluding hydrogens is 394 g/mol. The molecule has 0 spiro atoms. The monoisotopic (exact) mass is 417 g/mol. The predicted octanol–water partition coefficient (Wildman–Crippen LogP) is 3.47. The molecule has 4 N–H and O–H groups in total. The van der Waals surface area contributed by atoms with Gasteiger partial charge < -0.3 is 25.5 Å². The Morgan fingerprint density at radius 1 is 1.00 bits per heavy atom. The SMILES string of the molecule is COCCNC(=O)c1cc(-c2cccc(OC)c2)cc2c1[nH]c1cc(C(N)=O)ccc12. The van der Waals surface area contributed by atoms with E-state index in [4.69, 9.17) is 15.2 Å². The Morgan fingerprint density at radius 2 is 1.84 bits per heavy atom. The van der Waals surface area contributed by atoms with Crippen LogP contribution in [0.5, 0.6) is 5.75 Å². The lowest BCUT2D eigenvalue weighted by atomic mass is 9.98. The molecule has 7 heteroatoms. The van der Waals surface area contributed by atoms with E-state index >= 15 is 0 Å². The Morgan fingerprint density at radius 3 is 2.58 bits per heavy atom. The molecule has 1 heterocycles. The molecule has 0 saturated heterocycles. The third kappa shape index (κ3) is 3.95. The molecule has 0 fully saturated rings. The zero-order chi connectivity index (χ0) is 22.0. The van der Waals surface area contributed by atoms with E-state index in [1.807, 2.05) is 42.5 Å². The van der Waals surface area contributed by atoms with Crippen LogP contribution in [-0.2, 0) is 4.74 Å². The van der Waals surface area contributed by atoms with E-state index in [0.717, 1.165) is 33.2 Å². The van der Waals surface area contributed by atoms with Gasteiger partial charge in [-0.3, -0.25) is 9.59 Å². The van der Waals surface area contributed by atoms with Crippen LogP contribution >= 0.6 is 0 Å². The summed E-state index contributed by atoms with van der Waals surface area (Å²) in [4.78, 5) is 27.9. The first-order chi connectivity index (χ1) is 15.0. The first-order valence-electron chi connectivity index (χ1n) is 9.82. The first kappa shape index (κ1) is 20.4. The lowest BCUT2D eigenvalue weighted by Crippen LogP contribution is -2.27. The number of aromatic nitrogens is 1. The second-order valence-corrected chi connectivity index (χ2v) is 7.18. The van der Waals surface area contributed by atoms with Crippen LogP contribution in [0.3, 0.4) is 0 Å². The van der Waals surface area contributed by atoms with E-state index in [1.54, 1.807) is 26.4 Å². The Bertz CT molecular complexity index is 1290. The molecule has 0 aliphatic heterocycles. The number of fused-ring (bicyclic) bond motifs is 3. The van der Waals surface area contributed by atoms with Crippen molar-refractivity contribution >= 4 is 33.6 Å². The number of carbonyl (C=O) groups is 2. The Balaban J connectivity index is 1.93. The summed E-state index contributed by atoms with van der Waals surface area (Å²) < 4.78 is 10.4. The fourth-order valence-corrected chi connectivity index (χ4v) is 3.67. The Kier molecular flexibility index (Phi) is 5.60. The molecule has 2 amide bonds. The van der Waals surface area contributed by atoms with Crippen molar-refractivity contribution in [1.82, 2.24) is 10.3 Å². The van der Waals surface area contributed by atoms with E-state index < -0.39 is 5.91 Å². The number of primary amides is 1. The average molecular weight is 417 g/mol. The number of ether oxygens (including phenoxy) is 2.